The topological polar surface area (TPSA) is 28.2 Å². The van der Waals surface area contributed by atoms with Gasteiger partial charge in [0.05, 0.1) is 16.2 Å². The highest BCUT2D eigenvalue weighted by Gasteiger charge is 2.21. The molecule has 3 rings (SSSR count). The van der Waals surface area contributed by atoms with E-state index in [1.165, 1.54) is 22.6 Å². The average Bonchev–Trinajstić information content (AvgIpc) is 3.20. The van der Waals surface area contributed by atoms with Crippen molar-refractivity contribution in [2.24, 2.45) is 5.92 Å². The van der Waals surface area contributed by atoms with Gasteiger partial charge in [0.15, 0.2) is 0 Å². The Bertz CT molecular complexity index is 620. The Hall–Kier alpha value is -0.170. The second-order valence-corrected chi connectivity index (χ2v) is 8.54. The molecule has 2 aromatic heterocycles. The predicted octanol–water partition coefficient (Wildman–Crippen LogP) is 4.43. The fraction of sp³-hybridized carbons (Fsp3) is 0.533. The van der Waals surface area contributed by atoms with E-state index in [9.17, 15) is 0 Å². The molecule has 3 heterocycles. The smallest absolute Gasteiger partial charge is 0.112 e. The molecule has 0 radical (unpaired) electrons. The lowest BCUT2D eigenvalue weighted by molar-refractivity contribution is 0.222. The van der Waals surface area contributed by atoms with Gasteiger partial charge in [-0.1, -0.05) is 23.2 Å². The minimum Gasteiger partial charge on any atom is -0.316 e. The third-order valence-corrected chi connectivity index (χ3v) is 6.87. The van der Waals surface area contributed by atoms with Gasteiger partial charge in [0, 0.05) is 24.5 Å². The first-order valence-corrected chi connectivity index (χ1v) is 9.88. The van der Waals surface area contributed by atoms with Gasteiger partial charge in [-0.15, -0.1) is 22.7 Å². The summed E-state index contributed by atoms with van der Waals surface area (Å²) in [6.45, 7) is 7.16. The number of halogens is 2. The highest BCUT2D eigenvalue weighted by molar-refractivity contribution is 7.15. The Morgan fingerprint density at radius 2 is 2.23 bits per heavy atom. The standard InChI is InChI=1S/C15H19Cl2N3S2/c1-10-13(22-9-19-10)7-20(5-11-2-3-18-4-11)6-12-8-21-15(17)14(12)16/h8-9,11,18H,2-7H2,1H3. The van der Waals surface area contributed by atoms with E-state index >= 15 is 0 Å². The Morgan fingerprint density at radius 1 is 1.36 bits per heavy atom. The van der Waals surface area contributed by atoms with Crippen molar-refractivity contribution in [3.8, 4) is 0 Å². The molecule has 0 aliphatic carbocycles. The summed E-state index contributed by atoms with van der Waals surface area (Å²) in [5.74, 6) is 0.709. The Morgan fingerprint density at radius 3 is 2.82 bits per heavy atom. The van der Waals surface area contributed by atoms with Crippen molar-refractivity contribution < 1.29 is 0 Å². The van der Waals surface area contributed by atoms with Gasteiger partial charge in [0.2, 0.25) is 0 Å². The molecule has 1 saturated heterocycles. The van der Waals surface area contributed by atoms with Crippen molar-refractivity contribution in [2.45, 2.75) is 26.4 Å². The fourth-order valence-corrected chi connectivity index (χ4v) is 4.86. The molecule has 1 N–H and O–H groups in total. The highest BCUT2D eigenvalue weighted by Crippen LogP contribution is 2.33. The van der Waals surface area contributed by atoms with Crippen LogP contribution in [0.4, 0.5) is 0 Å². The number of nitrogens with one attached hydrogen (secondary N) is 1. The van der Waals surface area contributed by atoms with Gasteiger partial charge in [0.1, 0.15) is 4.34 Å². The molecule has 2 aromatic rings. The van der Waals surface area contributed by atoms with Crippen LogP contribution in [-0.4, -0.2) is 29.5 Å². The van der Waals surface area contributed by atoms with Crippen molar-refractivity contribution in [1.82, 2.24) is 15.2 Å². The maximum absolute atomic E-state index is 6.31. The van der Waals surface area contributed by atoms with E-state index in [1.54, 1.807) is 11.3 Å². The van der Waals surface area contributed by atoms with Gasteiger partial charge in [-0.25, -0.2) is 4.98 Å². The molecule has 1 aliphatic rings. The van der Waals surface area contributed by atoms with Crippen LogP contribution in [0, 0.1) is 12.8 Å². The van der Waals surface area contributed by atoms with Crippen molar-refractivity contribution in [2.75, 3.05) is 19.6 Å². The van der Waals surface area contributed by atoms with Crippen LogP contribution in [0.3, 0.4) is 0 Å². The molecule has 1 unspecified atom stereocenters. The number of hydrogen-bond acceptors (Lipinski definition) is 5. The summed E-state index contributed by atoms with van der Waals surface area (Å²) in [5, 5.41) is 6.23. The minimum atomic E-state index is 0.688. The summed E-state index contributed by atoms with van der Waals surface area (Å²) in [6, 6.07) is 0. The molecular formula is C15H19Cl2N3S2. The van der Waals surface area contributed by atoms with E-state index in [0.717, 1.165) is 44.0 Å². The van der Waals surface area contributed by atoms with Crippen LogP contribution in [0.15, 0.2) is 10.9 Å². The summed E-state index contributed by atoms with van der Waals surface area (Å²) >= 11 is 15.7. The summed E-state index contributed by atoms with van der Waals surface area (Å²) in [6.07, 6.45) is 1.25. The molecule has 0 bridgehead atoms. The maximum atomic E-state index is 6.31. The molecule has 0 aromatic carbocycles. The van der Waals surface area contributed by atoms with Crippen LogP contribution < -0.4 is 5.32 Å². The molecule has 0 amide bonds. The number of thiazole rings is 1. The molecule has 1 aliphatic heterocycles. The first kappa shape index (κ1) is 16.7. The molecule has 1 atom stereocenters. The van der Waals surface area contributed by atoms with Gasteiger partial charge in [-0.05, 0) is 43.3 Å². The van der Waals surface area contributed by atoms with E-state index in [0.29, 0.717) is 15.3 Å². The first-order valence-electron chi connectivity index (χ1n) is 7.37. The summed E-state index contributed by atoms with van der Waals surface area (Å²) < 4.78 is 0.688. The van der Waals surface area contributed by atoms with E-state index in [-0.39, 0.29) is 0 Å². The van der Waals surface area contributed by atoms with Crippen LogP contribution in [0.25, 0.3) is 0 Å². The largest absolute Gasteiger partial charge is 0.316 e. The van der Waals surface area contributed by atoms with Crippen molar-refractivity contribution in [3.05, 3.63) is 36.4 Å². The lowest BCUT2D eigenvalue weighted by Gasteiger charge is -2.25. The quantitative estimate of drug-likeness (QED) is 0.808. The SMILES string of the molecule is Cc1ncsc1CN(Cc1csc(Cl)c1Cl)CC1CCNC1. The molecule has 0 saturated carbocycles. The van der Waals surface area contributed by atoms with E-state index < -0.39 is 0 Å². The Balaban J connectivity index is 1.72. The lowest BCUT2D eigenvalue weighted by Crippen LogP contribution is -2.29. The van der Waals surface area contributed by atoms with Crippen LogP contribution in [0.5, 0.6) is 0 Å². The Kier molecular flexibility index (Phi) is 5.76. The van der Waals surface area contributed by atoms with E-state index in [4.69, 9.17) is 23.2 Å². The van der Waals surface area contributed by atoms with Crippen molar-refractivity contribution in [3.63, 3.8) is 0 Å². The normalized spacial score (nSPS) is 18.5. The molecule has 0 spiro atoms. The number of aromatic nitrogens is 1. The second-order valence-electron chi connectivity index (χ2n) is 5.74. The molecule has 3 nitrogen and oxygen atoms in total. The number of hydrogen-bond donors (Lipinski definition) is 1. The summed E-state index contributed by atoms with van der Waals surface area (Å²) in [7, 11) is 0. The lowest BCUT2D eigenvalue weighted by atomic mass is 10.1. The number of nitrogens with zero attached hydrogens (tertiary/aromatic N) is 2. The van der Waals surface area contributed by atoms with Crippen LogP contribution in [-0.2, 0) is 13.1 Å². The van der Waals surface area contributed by atoms with Gasteiger partial charge < -0.3 is 5.32 Å². The van der Waals surface area contributed by atoms with Crippen molar-refractivity contribution in [1.29, 1.82) is 0 Å². The van der Waals surface area contributed by atoms with Crippen LogP contribution >= 0.6 is 45.9 Å². The Labute approximate surface area is 149 Å². The molecule has 7 heteroatoms. The van der Waals surface area contributed by atoms with Crippen LogP contribution in [0.2, 0.25) is 9.36 Å². The second kappa shape index (κ2) is 7.60. The summed E-state index contributed by atoms with van der Waals surface area (Å²) in [5.41, 5.74) is 4.19. The zero-order chi connectivity index (χ0) is 15.5. The fourth-order valence-electron chi connectivity index (χ4n) is 2.80. The number of rotatable bonds is 6. The van der Waals surface area contributed by atoms with Gasteiger partial charge in [-0.3, -0.25) is 4.90 Å². The predicted molar refractivity (Wildman–Crippen MR) is 96.3 cm³/mol. The van der Waals surface area contributed by atoms with Crippen LogP contribution in [0.1, 0.15) is 22.6 Å². The van der Waals surface area contributed by atoms with E-state index in [2.05, 4.69) is 27.5 Å². The maximum Gasteiger partial charge on any atom is 0.112 e. The molecule has 22 heavy (non-hydrogen) atoms. The van der Waals surface area contributed by atoms with Gasteiger partial charge in [-0.2, -0.15) is 0 Å². The number of thiophene rings is 1. The first-order chi connectivity index (χ1) is 10.6. The minimum absolute atomic E-state index is 0.688. The highest BCUT2D eigenvalue weighted by atomic mass is 35.5. The zero-order valence-electron chi connectivity index (χ0n) is 12.4. The van der Waals surface area contributed by atoms with Crippen molar-refractivity contribution >= 4 is 45.9 Å². The van der Waals surface area contributed by atoms with Gasteiger partial charge >= 0.3 is 0 Å². The molecular weight excluding hydrogens is 357 g/mol. The molecule has 1 fully saturated rings. The molecule has 120 valence electrons. The third kappa shape index (κ3) is 4.02. The monoisotopic (exact) mass is 375 g/mol. The van der Waals surface area contributed by atoms with Gasteiger partial charge in [0.25, 0.3) is 0 Å². The van der Waals surface area contributed by atoms with E-state index in [1.807, 2.05) is 5.51 Å². The summed E-state index contributed by atoms with van der Waals surface area (Å²) in [4.78, 5) is 8.18. The zero-order valence-corrected chi connectivity index (χ0v) is 15.6. The number of aryl methyl sites for hydroxylation is 1. The average molecular weight is 376 g/mol. The third-order valence-electron chi connectivity index (χ3n) is 4.04.